The second-order valence-corrected chi connectivity index (χ2v) is 12.6. The van der Waals surface area contributed by atoms with E-state index in [2.05, 4.69) is 10.6 Å². The summed E-state index contributed by atoms with van der Waals surface area (Å²) in [5.74, 6) is -1.40. The minimum atomic E-state index is -3.94. The number of benzene rings is 3. The molecule has 3 aromatic carbocycles. The molecule has 2 N–H and O–H groups in total. The van der Waals surface area contributed by atoms with Gasteiger partial charge < -0.3 is 15.1 Å². The Balaban J connectivity index is 2.03. The fraction of sp³-hybridized carbons (Fsp3) is 0.290. The second-order valence-electron chi connectivity index (χ2n) is 10.7. The molecule has 0 aliphatic carbocycles. The van der Waals surface area contributed by atoms with Crippen molar-refractivity contribution in [3.05, 3.63) is 77.6 Å². The molecule has 0 bridgehead atoms. The van der Waals surface area contributed by atoms with E-state index in [0.29, 0.717) is 22.1 Å². The highest BCUT2D eigenvalue weighted by Gasteiger charge is 2.28. The molecule has 0 atom stereocenters. The molecule has 0 spiro atoms. The van der Waals surface area contributed by atoms with Crippen LogP contribution in [0.1, 0.15) is 41.0 Å². The van der Waals surface area contributed by atoms with Crippen LogP contribution in [-0.4, -0.2) is 59.0 Å². The number of carbonyl (C=O) groups is 2. The fourth-order valence-electron chi connectivity index (χ4n) is 4.63. The van der Waals surface area contributed by atoms with E-state index in [1.165, 1.54) is 63.4 Å². The van der Waals surface area contributed by atoms with Crippen LogP contribution >= 0.6 is 0 Å². The first kappa shape index (κ1) is 31.6. The topological polar surface area (TPSA) is 109 Å². The highest BCUT2D eigenvalue weighted by molar-refractivity contribution is 7.92. The van der Waals surface area contributed by atoms with Gasteiger partial charge in [0.2, 0.25) is 10.0 Å². The summed E-state index contributed by atoms with van der Waals surface area (Å²) in [6.45, 7) is 1.32. The Morgan fingerprint density at radius 2 is 1.67 bits per heavy atom. The SMILES string of the molecule is CNC(=O)c1c(-c2ccc(F)cc2)oc2cc(N(CCCF)S(C)(=O)=O)c(-c3cccc(C(=O)NC(C)(C)CF)c3)cc12. The van der Waals surface area contributed by atoms with Crippen LogP contribution in [0, 0.1) is 5.82 Å². The fourth-order valence-corrected chi connectivity index (χ4v) is 5.60. The Bertz CT molecular complexity index is 1770. The average molecular weight is 616 g/mol. The van der Waals surface area contributed by atoms with Gasteiger partial charge in [0.1, 0.15) is 23.8 Å². The van der Waals surface area contributed by atoms with E-state index >= 15 is 0 Å². The zero-order valence-electron chi connectivity index (χ0n) is 24.1. The lowest BCUT2D eigenvalue weighted by atomic mass is 9.96. The number of fused-ring (bicyclic) bond motifs is 1. The van der Waals surface area contributed by atoms with Crippen molar-refractivity contribution in [2.75, 3.05) is 37.5 Å². The molecule has 0 aliphatic rings. The van der Waals surface area contributed by atoms with Gasteiger partial charge in [-0.15, -0.1) is 0 Å². The summed E-state index contributed by atoms with van der Waals surface area (Å²) >= 11 is 0. The molecule has 4 rings (SSSR count). The maximum Gasteiger partial charge on any atom is 0.255 e. The third-order valence-electron chi connectivity index (χ3n) is 6.75. The summed E-state index contributed by atoms with van der Waals surface area (Å²) in [4.78, 5) is 26.1. The van der Waals surface area contributed by atoms with Crippen molar-refractivity contribution < 1.29 is 35.6 Å². The molecule has 43 heavy (non-hydrogen) atoms. The first-order valence-electron chi connectivity index (χ1n) is 13.4. The zero-order valence-corrected chi connectivity index (χ0v) is 24.9. The maximum atomic E-state index is 13.7. The summed E-state index contributed by atoms with van der Waals surface area (Å²) in [6, 6.07) is 14.6. The van der Waals surface area contributed by atoms with Crippen LogP contribution in [-0.2, 0) is 10.0 Å². The Morgan fingerprint density at radius 1 is 0.977 bits per heavy atom. The number of sulfonamides is 1. The van der Waals surface area contributed by atoms with Crippen molar-refractivity contribution in [2.24, 2.45) is 0 Å². The van der Waals surface area contributed by atoms with Crippen LogP contribution in [0.15, 0.2) is 65.1 Å². The first-order chi connectivity index (χ1) is 20.3. The van der Waals surface area contributed by atoms with Gasteiger partial charge in [-0.1, -0.05) is 12.1 Å². The molecule has 0 aliphatic heterocycles. The predicted octanol–water partition coefficient (Wildman–Crippen LogP) is 5.87. The average Bonchev–Trinajstić information content (AvgIpc) is 3.34. The summed E-state index contributed by atoms with van der Waals surface area (Å²) in [5.41, 5.74) is 0.613. The van der Waals surface area contributed by atoms with E-state index in [0.717, 1.165) is 10.6 Å². The number of rotatable bonds is 11. The third kappa shape index (κ3) is 6.85. The summed E-state index contributed by atoms with van der Waals surface area (Å²) < 4.78 is 73.4. The number of hydrogen-bond donors (Lipinski definition) is 2. The number of nitrogens with one attached hydrogen (secondary N) is 2. The molecule has 2 amide bonds. The minimum Gasteiger partial charge on any atom is -0.455 e. The van der Waals surface area contributed by atoms with Crippen LogP contribution in [0.5, 0.6) is 0 Å². The molecule has 0 saturated carbocycles. The third-order valence-corrected chi connectivity index (χ3v) is 7.93. The van der Waals surface area contributed by atoms with Crippen molar-refractivity contribution in [1.82, 2.24) is 10.6 Å². The van der Waals surface area contributed by atoms with Crippen LogP contribution < -0.4 is 14.9 Å². The van der Waals surface area contributed by atoms with Gasteiger partial charge in [-0.25, -0.2) is 17.2 Å². The van der Waals surface area contributed by atoms with E-state index in [4.69, 9.17) is 4.42 Å². The van der Waals surface area contributed by atoms with Gasteiger partial charge in [0.25, 0.3) is 11.8 Å². The van der Waals surface area contributed by atoms with Crippen LogP contribution in [0.3, 0.4) is 0 Å². The molecule has 1 aromatic heterocycles. The van der Waals surface area contributed by atoms with E-state index < -0.39 is 46.5 Å². The van der Waals surface area contributed by atoms with Crippen molar-refractivity contribution in [3.8, 4) is 22.5 Å². The van der Waals surface area contributed by atoms with Gasteiger partial charge in [0.05, 0.1) is 29.7 Å². The number of carbonyl (C=O) groups excluding carboxylic acids is 2. The molecule has 0 unspecified atom stereocenters. The molecule has 0 saturated heterocycles. The van der Waals surface area contributed by atoms with Crippen molar-refractivity contribution in [3.63, 3.8) is 0 Å². The van der Waals surface area contributed by atoms with E-state index in [-0.39, 0.29) is 41.1 Å². The van der Waals surface area contributed by atoms with Gasteiger partial charge in [-0.3, -0.25) is 18.3 Å². The molecule has 8 nitrogen and oxygen atoms in total. The Hall–Kier alpha value is -4.32. The van der Waals surface area contributed by atoms with Gasteiger partial charge in [0.15, 0.2) is 0 Å². The molecular weight excluding hydrogens is 583 g/mol. The van der Waals surface area contributed by atoms with Crippen molar-refractivity contribution in [1.29, 1.82) is 0 Å². The second kappa shape index (κ2) is 12.5. The summed E-state index contributed by atoms with van der Waals surface area (Å²) in [6.07, 6.45) is 0.901. The van der Waals surface area contributed by atoms with Crippen molar-refractivity contribution >= 4 is 38.5 Å². The predicted molar refractivity (Wildman–Crippen MR) is 161 cm³/mol. The van der Waals surface area contributed by atoms with E-state index in [1.54, 1.807) is 18.2 Å². The van der Waals surface area contributed by atoms with E-state index in [9.17, 15) is 31.2 Å². The maximum absolute atomic E-state index is 13.7. The smallest absolute Gasteiger partial charge is 0.255 e. The standard InChI is InChI=1S/C31H32F3N3O5S/c1-31(2,18-33)36-29(38)21-8-5-7-20(15-21)23-16-24-26(17-25(23)37(14-6-13-32)43(4,40)41)42-28(27(24)30(39)35-3)19-9-11-22(34)12-10-19/h5,7-12,15-17H,6,13-14,18H2,1-4H3,(H,35,39)(H,36,38). The largest absolute Gasteiger partial charge is 0.455 e. The van der Waals surface area contributed by atoms with Gasteiger partial charge in [-0.05, 0) is 68.3 Å². The number of nitrogens with zero attached hydrogens (tertiary/aromatic N) is 1. The minimum absolute atomic E-state index is 0.0895. The molecule has 4 aromatic rings. The monoisotopic (exact) mass is 615 g/mol. The summed E-state index contributed by atoms with van der Waals surface area (Å²) in [5, 5.41) is 5.52. The van der Waals surface area contributed by atoms with Crippen LogP contribution in [0.4, 0.5) is 18.9 Å². The first-order valence-corrected chi connectivity index (χ1v) is 15.3. The normalized spacial score (nSPS) is 11.9. The number of hydrogen-bond acceptors (Lipinski definition) is 5. The quantitative estimate of drug-likeness (QED) is 0.220. The van der Waals surface area contributed by atoms with E-state index in [1.807, 2.05) is 0 Å². The van der Waals surface area contributed by atoms with Gasteiger partial charge in [-0.2, -0.15) is 0 Å². The van der Waals surface area contributed by atoms with Crippen LogP contribution in [0.2, 0.25) is 0 Å². The Morgan fingerprint density at radius 3 is 2.28 bits per heavy atom. The summed E-state index contributed by atoms with van der Waals surface area (Å²) in [7, 11) is -2.50. The van der Waals surface area contributed by atoms with Gasteiger partial charge in [0, 0.05) is 41.7 Å². The molecule has 228 valence electrons. The molecular formula is C31H32F3N3O5S. The zero-order chi connectivity index (χ0) is 31.5. The Labute approximate surface area is 247 Å². The highest BCUT2D eigenvalue weighted by Crippen LogP contribution is 2.42. The van der Waals surface area contributed by atoms with Crippen LogP contribution in [0.25, 0.3) is 33.4 Å². The molecule has 12 heteroatoms. The highest BCUT2D eigenvalue weighted by atomic mass is 32.2. The Kier molecular flexibility index (Phi) is 9.19. The molecule has 0 radical (unpaired) electrons. The lowest BCUT2D eigenvalue weighted by Gasteiger charge is -2.25. The lowest BCUT2D eigenvalue weighted by molar-refractivity contribution is 0.0898. The molecule has 0 fully saturated rings. The number of alkyl halides is 2. The van der Waals surface area contributed by atoms with Gasteiger partial charge >= 0.3 is 0 Å². The lowest BCUT2D eigenvalue weighted by Crippen LogP contribution is -2.45. The number of furan rings is 1. The number of halogens is 3. The number of anilines is 1. The molecule has 1 heterocycles. The number of amides is 2. The van der Waals surface area contributed by atoms with Crippen molar-refractivity contribution in [2.45, 2.75) is 25.8 Å².